The average Bonchev–Trinajstić information content (AvgIpc) is 2.94. The molecule has 21 heavy (non-hydrogen) atoms. The zero-order valence-corrected chi connectivity index (χ0v) is 11.1. The van der Waals surface area contributed by atoms with E-state index in [9.17, 15) is 9.59 Å². The average molecular weight is 286 g/mol. The third-order valence-corrected chi connectivity index (χ3v) is 3.30. The standard InChI is InChI=1S/C14H14N4O3/c15-17-14(20)13-9(5-6-21-13)7-18-8-12(19)16-10-3-1-2-4-11(10)18/h1-6H,7-8,15H2,(H,16,19)(H,17,20). The van der Waals surface area contributed by atoms with E-state index in [1.54, 1.807) is 6.07 Å². The van der Waals surface area contributed by atoms with Gasteiger partial charge in [0.2, 0.25) is 5.91 Å². The Morgan fingerprint density at radius 2 is 2.19 bits per heavy atom. The van der Waals surface area contributed by atoms with Crippen LogP contribution >= 0.6 is 0 Å². The predicted molar refractivity (Wildman–Crippen MR) is 76.5 cm³/mol. The number of carbonyl (C=O) groups excluding carboxylic acids is 2. The Labute approximate surface area is 120 Å². The van der Waals surface area contributed by atoms with Crippen molar-refractivity contribution in [3.05, 3.63) is 47.9 Å². The number of nitrogen functional groups attached to an aromatic ring is 1. The lowest BCUT2D eigenvalue weighted by Gasteiger charge is -2.30. The highest BCUT2D eigenvalue weighted by molar-refractivity contribution is 6.01. The zero-order chi connectivity index (χ0) is 14.8. The van der Waals surface area contributed by atoms with E-state index in [-0.39, 0.29) is 18.2 Å². The molecule has 2 aromatic rings. The van der Waals surface area contributed by atoms with Gasteiger partial charge in [0, 0.05) is 12.1 Å². The number of hydrazine groups is 1. The van der Waals surface area contributed by atoms with Gasteiger partial charge in [0.1, 0.15) is 0 Å². The minimum Gasteiger partial charge on any atom is -0.459 e. The SMILES string of the molecule is NNC(=O)c1occc1CN1CC(=O)Nc2ccccc21. The molecule has 2 heterocycles. The number of nitrogens with one attached hydrogen (secondary N) is 2. The second kappa shape index (κ2) is 5.29. The van der Waals surface area contributed by atoms with Gasteiger partial charge in [0.05, 0.1) is 24.2 Å². The molecule has 0 fully saturated rings. The summed E-state index contributed by atoms with van der Waals surface area (Å²) in [6.07, 6.45) is 1.43. The maximum absolute atomic E-state index is 11.8. The first-order valence-corrected chi connectivity index (χ1v) is 6.40. The molecule has 0 radical (unpaired) electrons. The van der Waals surface area contributed by atoms with Crippen LogP contribution in [0.25, 0.3) is 0 Å². The predicted octanol–water partition coefficient (Wildman–Crippen LogP) is 0.842. The van der Waals surface area contributed by atoms with Gasteiger partial charge < -0.3 is 14.6 Å². The maximum atomic E-state index is 11.8. The number of amides is 2. The Bertz CT molecular complexity index is 695. The first-order valence-electron chi connectivity index (χ1n) is 6.40. The van der Waals surface area contributed by atoms with Crippen LogP contribution in [0, 0.1) is 0 Å². The van der Waals surface area contributed by atoms with Crippen molar-refractivity contribution in [1.29, 1.82) is 0 Å². The molecule has 1 aromatic carbocycles. The molecule has 4 N–H and O–H groups in total. The molecule has 1 aliphatic rings. The second-order valence-electron chi connectivity index (χ2n) is 4.67. The molecule has 1 aromatic heterocycles. The quantitative estimate of drug-likeness (QED) is 0.441. The van der Waals surface area contributed by atoms with Gasteiger partial charge in [0.15, 0.2) is 5.76 Å². The van der Waals surface area contributed by atoms with Gasteiger partial charge in [-0.15, -0.1) is 0 Å². The van der Waals surface area contributed by atoms with E-state index in [2.05, 4.69) is 5.32 Å². The molecule has 7 nitrogen and oxygen atoms in total. The number of anilines is 2. The van der Waals surface area contributed by atoms with Crippen LogP contribution in [0.15, 0.2) is 41.0 Å². The fourth-order valence-electron chi connectivity index (χ4n) is 2.38. The number of hydrogen-bond acceptors (Lipinski definition) is 5. The number of nitrogens with zero attached hydrogens (tertiary/aromatic N) is 1. The smallest absolute Gasteiger partial charge is 0.301 e. The van der Waals surface area contributed by atoms with E-state index < -0.39 is 5.91 Å². The zero-order valence-electron chi connectivity index (χ0n) is 11.1. The minimum absolute atomic E-state index is 0.0954. The van der Waals surface area contributed by atoms with Gasteiger partial charge in [-0.05, 0) is 18.2 Å². The molecular formula is C14H14N4O3. The van der Waals surface area contributed by atoms with Crippen LogP contribution < -0.4 is 21.5 Å². The largest absolute Gasteiger partial charge is 0.459 e. The number of furan rings is 1. The summed E-state index contributed by atoms with van der Waals surface area (Å²) in [6.45, 7) is 0.593. The molecule has 7 heteroatoms. The highest BCUT2D eigenvalue weighted by atomic mass is 16.3. The van der Waals surface area contributed by atoms with E-state index in [0.29, 0.717) is 12.1 Å². The van der Waals surface area contributed by atoms with Crippen LogP contribution in [0.2, 0.25) is 0 Å². The summed E-state index contributed by atoms with van der Waals surface area (Å²) >= 11 is 0. The van der Waals surface area contributed by atoms with Crippen molar-refractivity contribution in [3.8, 4) is 0 Å². The van der Waals surface area contributed by atoms with Crippen molar-refractivity contribution in [1.82, 2.24) is 5.43 Å². The van der Waals surface area contributed by atoms with Crippen molar-refractivity contribution >= 4 is 23.2 Å². The molecule has 0 bridgehead atoms. The first kappa shape index (κ1) is 13.2. The molecule has 0 saturated heterocycles. The lowest BCUT2D eigenvalue weighted by molar-refractivity contribution is -0.115. The fraction of sp³-hybridized carbons (Fsp3) is 0.143. The molecule has 108 valence electrons. The summed E-state index contributed by atoms with van der Waals surface area (Å²) in [5, 5.41) is 2.81. The van der Waals surface area contributed by atoms with Crippen LogP contribution in [-0.2, 0) is 11.3 Å². The normalized spacial score (nSPS) is 13.6. The highest BCUT2D eigenvalue weighted by Gasteiger charge is 2.24. The van der Waals surface area contributed by atoms with Crippen LogP contribution in [0.3, 0.4) is 0 Å². The lowest BCUT2D eigenvalue weighted by atomic mass is 10.1. The van der Waals surface area contributed by atoms with Crippen LogP contribution in [0.1, 0.15) is 16.1 Å². The third-order valence-electron chi connectivity index (χ3n) is 3.30. The third kappa shape index (κ3) is 2.46. The molecule has 0 aliphatic carbocycles. The Hall–Kier alpha value is -2.80. The van der Waals surface area contributed by atoms with E-state index in [4.69, 9.17) is 10.3 Å². The lowest BCUT2D eigenvalue weighted by Crippen LogP contribution is -2.38. The number of hydrogen-bond donors (Lipinski definition) is 3. The Kier molecular flexibility index (Phi) is 3.33. The van der Waals surface area contributed by atoms with Gasteiger partial charge in [-0.2, -0.15) is 0 Å². The van der Waals surface area contributed by atoms with E-state index in [0.717, 1.165) is 11.4 Å². The van der Waals surface area contributed by atoms with Crippen molar-refractivity contribution in [3.63, 3.8) is 0 Å². The number of para-hydroxylation sites is 2. The maximum Gasteiger partial charge on any atom is 0.301 e. The minimum atomic E-state index is -0.496. The molecule has 3 rings (SSSR count). The number of carbonyl (C=O) groups is 2. The van der Waals surface area contributed by atoms with E-state index >= 15 is 0 Å². The number of nitrogens with two attached hydrogens (primary N) is 1. The summed E-state index contributed by atoms with van der Waals surface area (Å²) in [5.74, 6) is 4.69. The summed E-state index contributed by atoms with van der Waals surface area (Å²) < 4.78 is 5.15. The summed E-state index contributed by atoms with van der Waals surface area (Å²) in [5.41, 5.74) is 4.36. The van der Waals surface area contributed by atoms with Crippen molar-refractivity contribution < 1.29 is 14.0 Å². The van der Waals surface area contributed by atoms with Gasteiger partial charge in [-0.1, -0.05) is 12.1 Å². The number of benzene rings is 1. The van der Waals surface area contributed by atoms with Crippen molar-refractivity contribution in [2.24, 2.45) is 5.84 Å². The van der Waals surface area contributed by atoms with Gasteiger partial charge in [-0.25, -0.2) is 5.84 Å². The second-order valence-corrected chi connectivity index (χ2v) is 4.67. The molecule has 0 atom stereocenters. The molecule has 0 unspecified atom stereocenters. The highest BCUT2D eigenvalue weighted by Crippen LogP contribution is 2.30. The number of fused-ring (bicyclic) bond motifs is 1. The van der Waals surface area contributed by atoms with Gasteiger partial charge in [-0.3, -0.25) is 15.0 Å². The van der Waals surface area contributed by atoms with Crippen LogP contribution in [-0.4, -0.2) is 18.4 Å². The van der Waals surface area contributed by atoms with Crippen molar-refractivity contribution in [2.45, 2.75) is 6.54 Å². The molecule has 1 aliphatic heterocycles. The summed E-state index contributed by atoms with van der Waals surface area (Å²) in [6, 6.07) is 9.19. The number of rotatable bonds is 3. The van der Waals surface area contributed by atoms with Crippen LogP contribution in [0.4, 0.5) is 11.4 Å². The van der Waals surface area contributed by atoms with E-state index in [1.165, 1.54) is 6.26 Å². The Balaban J connectivity index is 1.91. The first-order chi connectivity index (χ1) is 10.2. The van der Waals surface area contributed by atoms with Crippen LogP contribution in [0.5, 0.6) is 0 Å². The van der Waals surface area contributed by atoms with Crippen molar-refractivity contribution in [2.75, 3.05) is 16.8 Å². The van der Waals surface area contributed by atoms with Gasteiger partial charge in [0.25, 0.3) is 0 Å². The Morgan fingerprint density at radius 1 is 1.38 bits per heavy atom. The topological polar surface area (TPSA) is 101 Å². The van der Waals surface area contributed by atoms with Gasteiger partial charge >= 0.3 is 5.91 Å². The monoisotopic (exact) mass is 286 g/mol. The molecular weight excluding hydrogens is 272 g/mol. The summed E-state index contributed by atoms with van der Waals surface area (Å²) in [4.78, 5) is 25.3. The molecule has 2 amide bonds. The molecule has 0 spiro atoms. The Morgan fingerprint density at radius 3 is 3.00 bits per heavy atom. The summed E-state index contributed by atoms with van der Waals surface area (Å²) in [7, 11) is 0. The fourth-order valence-corrected chi connectivity index (χ4v) is 2.38. The molecule has 0 saturated carbocycles. The van der Waals surface area contributed by atoms with E-state index in [1.807, 2.05) is 34.6 Å².